The molecule has 3 aromatic carbocycles. The molecule has 0 bridgehead atoms. The molecule has 3 aromatic rings. The first-order chi connectivity index (χ1) is 17.4. The summed E-state index contributed by atoms with van der Waals surface area (Å²) in [5.74, 6) is -0.126. The van der Waals surface area contributed by atoms with Gasteiger partial charge in [0.15, 0.2) is 23.1 Å². The average molecular weight is 542 g/mol. The largest absolute Gasteiger partial charge is 0.493 e. The highest BCUT2D eigenvalue weighted by Crippen LogP contribution is 2.39. The first kappa shape index (κ1) is 27.7. The van der Waals surface area contributed by atoms with E-state index >= 15 is 0 Å². The van der Waals surface area contributed by atoms with E-state index in [-0.39, 0.29) is 11.3 Å². The van der Waals surface area contributed by atoms with Crippen molar-refractivity contribution in [2.24, 2.45) is 0 Å². The van der Waals surface area contributed by atoms with Crippen LogP contribution in [-0.4, -0.2) is 36.9 Å². The Balaban J connectivity index is 2.04. The molecule has 12 heteroatoms. The molecule has 1 N–H and O–H groups in total. The standard InChI is InChI=1S/C25H23F4NO6S/c1-33-20-13-15(14-21(34-2)24(20)36-4)5-6-16-7-12-19(26)23(35-3)22(16)30-37(31,32)18-10-8-17(9-11-18)25(27,28)29/h5-14,30H,1-4H3. The lowest BCUT2D eigenvalue weighted by molar-refractivity contribution is -0.137. The number of rotatable bonds is 9. The van der Waals surface area contributed by atoms with Gasteiger partial charge in [-0.1, -0.05) is 12.2 Å². The number of benzene rings is 3. The summed E-state index contributed by atoms with van der Waals surface area (Å²) < 4.78 is 102. The number of hydrogen-bond acceptors (Lipinski definition) is 6. The third-order valence-electron chi connectivity index (χ3n) is 5.22. The molecule has 0 aliphatic rings. The molecule has 198 valence electrons. The molecule has 7 nitrogen and oxygen atoms in total. The molecule has 0 heterocycles. The number of halogens is 4. The lowest BCUT2D eigenvalue weighted by Gasteiger charge is -2.16. The molecule has 0 amide bonds. The van der Waals surface area contributed by atoms with E-state index in [2.05, 4.69) is 4.72 Å². The van der Waals surface area contributed by atoms with Crippen molar-refractivity contribution in [2.75, 3.05) is 33.2 Å². The molecule has 0 saturated carbocycles. The van der Waals surface area contributed by atoms with Gasteiger partial charge in [0.05, 0.1) is 38.9 Å². The Kier molecular flexibility index (Phi) is 8.22. The predicted octanol–water partition coefficient (Wildman–Crippen LogP) is 5.85. The summed E-state index contributed by atoms with van der Waals surface area (Å²) in [6.45, 7) is 0. The highest BCUT2D eigenvalue weighted by Gasteiger charge is 2.31. The van der Waals surface area contributed by atoms with Crippen molar-refractivity contribution in [3.8, 4) is 23.0 Å². The second kappa shape index (κ2) is 11.0. The molecule has 0 unspecified atom stereocenters. The van der Waals surface area contributed by atoms with Crippen molar-refractivity contribution in [3.63, 3.8) is 0 Å². The monoisotopic (exact) mass is 541 g/mol. The Labute approximate surface area is 211 Å². The Bertz CT molecular complexity index is 1380. The summed E-state index contributed by atoms with van der Waals surface area (Å²) in [7, 11) is 1.09. The van der Waals surface area contributed by atoms with Gasteiger partial charge in [-0.3, -0.25) is 4.72 Å². The molecule has 0 fully saturated rings. The fourth-order valence-electron chi connectivity index (χ4n) is 3.42. The summed E-state index contributed by atoms with van der Waals surface area (Å²) in [5.41, 5.74) is -0.466. The van der Waals surface area contributed by atoms with E-state index in [1.54, 1.807) is 18.2 Å². The number of sulfonamides is 1. The SMILES string of the molecule is COc1cc(C=Cc2ccc(F)c(OC)c2NS(=O)(=O)c2ccc(C(F)(F)F)cc2)cc(OC)c1OC. The lowest BCUT2D eigenvalue weighted by atomic mass is 10.1. The van der Waals surface area contributed by atoms with Gasteiger partial charge in [0.1, 0.15) is 5.69 Å². The maximum atomic E-state index is 14.5. The van der Waals surface area contributed by atoms with Crippen LogP contribution in [0.3, 0.4) is 0 Å². The van der Waals surface area contributed by atoms with E-state index in [0.717, 1.165) is 25.3 Å². The van der Waals surface area contributed by atoms with Gasteiger partial charge in [-0.05, 0) is 54.1 Å². The van der Waals surface area contributed by atoms with Gasteiger partial charge in [0, 0.05) is 5.56 Å². The average Bonchev–Trinajstić information content (AvgIpc) is 2.87. The summed E-state index contributed by atoms with van der Waals surface area (Å²) >= 11 is 0. The molecule has 0 spiro atoms. The van der Waals surface area contributed by atoms with E-state index in [0.29, 0.717) is 34.9 Å². The lowest BCUT2D eigenvalue weighted by Crippen LogP contribution is -2.15. The van der Waals surface area contributed by atoms with Crippen molar-refractivity contribution < 1.29 is 44.9 Å². The van der Waals surface area contributed by atoms with Crippen LogP contribution in [0.15, 0.2) is 53.4 Å². The third kappa shape index (κ3) is 6.08. The predicted molar refractivity (Wildman–Crippen MR) is 130 cm³/mol. The summed E-state index contributed by atoms with van der Waals surface area (Å²) in [6, 6.07) is 8.59. The zero-order chi connectivity index (χ0) is 27.4. The molecule has 0 aliphatic heterocycles. The van der Waals surface area contributed by atoms with Crippen LogP contribution in [0.4, 0.5) is 23.2 Å². The van der Waals surface area contributed by atoms with E-state index in [4.69, 9.17) is 18.9 Å². The number of hydrogen-bond donors (Lipinski definition) is 1. The van der Waals surface area contributed by atoms with Crippen LogP contribution >= 0.6 is 0 Å². The van der Waals surface area contributed by atoms with Crippen LogP contribution in [0.1, 0.15) is 16.7 Å². The van der Waals surface area contributed by atoms with Crippen LogP contribution in [0.5, 0.6) is 23.0 Å². The summed E-state index contributed by atoms with van der Waals surface area (Å²) in [5, 5.41) is 0. The summed E-state index contributed by atoms with van der Waals surface area (Å²) in [4.78, 5) is -0.452. The topological polar surface area (TPSA) is 83.1 Å². The van der Waals surface area contributed by atoms with Gasteiger partial charge in [-0.25, -0.2) is 12.8 Å². The van der Waals surface area contributed by atoms with Gasteiger partial charge in [0.2, 0.25) is 5.75 Å². The maximum absolute atomic E-state index is 14.5. The van der Waals surface area contributed by atoms with Crippen molar-refractivity contribution in [3.05, 3.63) is 71.0 Å². The van der Waals surface area contributed by atoms with Crippen LogP contribution in [0.25, 0.3) is 12.2 Å². The zero-order valence-corrected chi connectivity index (χ0v) is 21.0. The van der Waals surface area contributed by atoms with Crippen molar-refractivity contribution in [1.82, 2.24) is 0 Å². The number of alkyl halides is 3. The number of methoxy groups -OCH3 is 4. The van der Waals surface area contributed by atoms with Crippen molar-refractivity contribution >= 4 is 27.9 Å². The second-order valence-corrected chi connectivity index (χ2v) is 9.15. The van der Waals surface area contributed by atoms with Crippen LogP contribution < -0.4 is 23.7 Å². The summed E-state index contributed by atoms with van der Waals surface area (Å²) in [6.07, 6.45) is -1.55. The van der Waals surface area contributed by atoms with E-state index < -0.39 is 38.2 Å². The molecule has 0 aliphatic carbocycles. The van der Waals surface area contributed by atoms with Gasteiger partial charge in [0.25, 0.3) is 10.0 Å². The Hall–Kier alpha value is -3.93. The minimum Gasteiger partial charge on any atom is -0.493 e. The molecular weight excluding hydrogens is 518 g/mol. The van der Waals surface area contributed by atoms with Gasteiger partial charge in [-0.15, -0.1) is 0 Å². The van der Waals surface area contributed by atoms with E-state index in [1.165, 1.54) is 33.5 Å². The highest BCUT2D eigenvalue weighted by molar-refractivity contribution is 7.92. The van der Waals surface area contributed by atoms with Crippen molar-refractivity contribution in [2.45, 2.75) is 11.1 Å². The normalized spacial score (nSPS) is 11.9. The Morgan fingerprint density at radius 2 is 1.35 bits per heavy atom. The molecule has 37 heavy (non-hydrogen) atoms. The van der Waals surface area contributed by atoms with Crippen LogP contribution in [-0.2, 0) is 16.2 Å². The molecule has 3 rings (SSSR count). The Morgan fingerprint density at radius 1 is 0.784 bits per heavy atom. The van der Waals surface area contributed by atoms with Crippen LogP contribution in [0, 0.1) is 5.82 Å². The fourth-order valence-corrected chi connectivity index (χ4v) is 4.51. The molecule has 0 saturated heterocycles. The van der Waals surface area contributed by atoms with Gasteiger partial charge >= 0.3 is 6.18 Å². The second-order valence-electron chi connectivity index (χ2n) is 7.46. The fraction of sp³-hybridized carbons (Fsp3) is 0.200. The van der Waals surface area contributed by atoms with Gasteiger partial charge < -0.3 is 18.9 Å². The third-order valence-corrected chi connectivity index (χ3v) is 6.58. The van der Waals surface area contributed by atoms with E-state index in [1.807, 2.05) is 0 Å². The highest BCUT2D eigenvalue weighted by atomic mass is 32.2. The maximum Gasteiger partial charge on any atom is 0.416 e. The first-order valence-corrected chi connectivity index (χ1v) is 12.0. The minimum absolute atomic E-state index is 0.211. The number of ether oxygens (including phenoxy) is 4. The zero-order valence-electron chi connectivity index (χ0n) is 20.1. The Morgan fingerprint density at radius 3 is 1.84 bits per heavy atom. The van der Waals surface area contributed by atoms with Gasteiger partial charge in [-0.2, -0.15) is 13.2 Å². The smallest absolute Gasteiger partial charge is 0.416 e. The number of nitrogens with one attached hydrogen (secondary N) is 1. The van der Waals surface area contributed by atoms with E-state index in [9.17, 15) is 26.0 Å². The van der Waals surface area contributed by atoms with Crippen molar-refractivity contribution in [1.29, 1.82) is 0 Å². The molecular formula is C25H23F4NO6S. The quantitative estimate of drug-likeness (QED) is 0.270. The number of anilines is 1. The molecule has 0 atom stereocenters. The molecule has 0 aromatic heterocycles. The van der Waals surface area contributed by atoms with Crippen LogP contribution in [0.2, 0.25) is 0 Å². The molecule has 0 radical (unpaired) electrons. The minimum atomic E-state index is -4.63. The first-order valence-electron chi connectivity index (χ1n) is 10.5.